The number of rotatable bonds is 25. The Balaban J connectivity index is 0.00000221. The normalized spacial score (nSPS) is 37.2. The van der Waals surface area contributed by atoms with Crippen LogP contribution in [0.5, 0.6) is 0 Å². The molecule has 38 heteroatoms. The van der Waals surface area contributed by atoms with E-state index in [1.54, 1.807) is 83.1 Å². The summed E-state index contributed by atoms with van der Waals surface area (Å²) in [6, 6.07) is 13.5. The van der Waals surface area contributed by atoms with Crippen LogP contribution in [0.15, 0.2) is 76.0 Å². The first kappa shape index (κ1) is 72.5. The quantitative estimate of drug-likeness (QED) is 0.0233. The second-order valence-electron chi connectivity index (χ2n) is 20.3. The molecule has 5 N–H and O–H groups in total. The first-order chi connectivity index (χ1) is 42.0. The zero-order valence-electron chi connectivity index (χ0n) is 47.5. The summed E-state index contributed by atoms with van der Waals surface area (Å²) in [6.07, 6.45) is -22.9. The number of hydrogen-bond donors (Lipinski definition) is 5. The number of hydrogen-bond acceptors (Lipinski definition) is 26. The number of aliphatic hydroxyl groups excluding tert-OH is 5. The van der Waals surface area contributed by atoms with Crippen LogP contribution in [0.1, 0.15) is 50.5 Å². The zero-order valence-corrected chi connectivity index (χ0v) is 49.5. The van der Waals surface area contributed by atoms with E-state index in [-0.39, 0.29) is 47.3 Å². The zero-order chi connectivity index (χ0) is 63.7. The van der Waals surface area contributed by atoms with E-state index in [4.69, 9.17) is 71.3 Å². The topological polar surface area (TPSA) is 468 Å². The predicted octanol–water partition coefficient (Wildman–Crippen LogP) is 1.17. The molecule has 5 saturated heterocycles. The van der Waals surface area contributed by atoms with Crippen LogP contribution in [0.3, 0.4) is 0 Å². The Morgan fingerprint density at radius 3 is 1.62 bits per heavy atom. The molecule has 32 nitrogen and oxygen atoms in total. The molecule has 87 heavy (non-hydrogen) atoms. The van der Waals surface area contributed by atoms with Crippen LogP contribution in [0.2, 0.25) is 0 Å². The summed E-state index contributed by atoms with van der Waals surface area (Å²) in [7, 11) is 0.827. The number of aliphatic hydroxyl groups is 5. The van der Waals surface area contributed by atoms with Gasteiger partial charge in [0.15, 0.2) is 0 Å². The van der Waals surface area contributed by atoms with Crippen molar-refractivity contribution in [2.75, 3.05) is 19.8 Å². The van der Waals surface area contributed by atoms with Crippen molar-refractivity contribution in [1.82, 2.24) is 0 Å². The molecule has 0 amide bonds. The minimum absolute atomic E-state index is 0.0862. The molecule has 5 fully saturated rings. The average molecular weight is 1250 g/mol. The largest absolute Gasteiger partial charge is 0.373 e. The second kappa shape index (κ2) is 37.0. The number of azide groups is 3. The van der Waals surface area contributed by atoms with Crippen molar-refractivity contribution in [2.45, 2.75) is 181 Å². The fourth-order valence-electron chi connectivity index (χ4n) is 10.9. The Kier molecular flexibility index (Phi) is 30.8. The number of benzene rings is 2. The smallest absolute Gasteiger partial charge is 0.186 e. The van der Waals surface area contributed by atoms with E-state index in [0.717, 1.165) is 0 Å². The first-order valence-electron chi connectivity index (χ1n) is 27.2. The molecule has 2 aromatic carbocycles. The summed E-state index contributed by atoms with van der Waals surface area (Å²) in [6.45, 7) is 9.17. The van der Waals surface area contributed by atoms with Crippen molar-refractivity contribution >= 4 is 63.1 Å². The van der Waals surface area contributed by atoms with E-state index in [0.29, 0.717) is 19.6 Å². The summed E-state index contributed by atoms with van der Waals surface area (Å²) < 4.78 is 92.9. The maximum Gasteiger partial charge on any atom is 0.373 e. The van der Waals surface area contributed by atoms with Gasteiger partial charge in [-0.05, 0) is 17.7 Å². The van der Waals surface area contributed by atoms with Gasteiger partial charge in [0.05, 0.1) is 12.7 Å². The Morgan fingerprint density at radius 2 is 1.03 bits per heavy atom. The maximum absolute atomic E-state index is 13.9. The maximum atomic E-state index is 13.9. The molecule has 5 heterocycles. The van der Waals surface area contributed by atoms with Gasteiger partial charge in [0.25, 0.3) is 0 Å². The van der Waals surface area contributed by atoms with Crippen molar-refractivity contribution in [3.05, 3.63) is 103 Å². The third-order valence-corrected chi connectivity index (χ3v) is 18.1. The number of nitrogens with zero attached hydrogens (tertiary/aromatic N) is 9. The van der Waals surface area contributed by atoms with Crippen LogP contribution < -0.4 is 0 Å². The first-order valence-corrected chi connectivity index (χ1v) is 29.5. The molecule has 0 bridgehead atoms. The van der Waals surface area contributed by atoms with Crippen molar-refractivity contribution in [3.63, 3.8) is 0 Å². The van der Waals surface area contributed by atoms with Crippen LogP contribution in [0.4, 0.5) is 0 Å². The van der Waals surface area contributed by atoms with Gasteiger partial charge in [-0.25, -0.2) is 0 Å². The molecule has 12 unspecified atom stereocenters. The Bertz CT molecular complexity index is 2700. The van der Waals surface area contributed by atoms with Gasteiger partial charge in [0, 0.05) is 4.91 Å². The molecular weight excluding hydrogens is 1190 g/mol. The SMILES string of the molecule is CC1O[C@@H](O[C@@H]2C(CO)O[C@@H](O[C@@H]3C(C)O[C@@H](O[C@@H]4C(CO)O[C@@H](C)C(N=[N+]=[N-])[C@H]4P[B]B=O)C(O)[C@@H]3OCc3ccccc3)C(N=[N+]=[N-])[C@H]2O)C(OC(=O)c2ccccc2)[C@@H](C)[C@@H]1O[C@@H]1OC(CO)[C@@H](C)[C@H](P[B]B=O)C1N=[N+]=[N-].O=C=O.O=C=O. The molecule has 2 radical (unpaired) electrons. The molecule has 0 aliphatic carbocycles. The number of ether oxygens (including phenoxy) is 11. The van der Waals surface area contributed by atoms with Gasteiger partial charge in [0.1, 0.15) is 6.10 Å². The predicted molar refractivity (Wildman–Crippen MR) is 299 cm³/mol. The summed E-state index contributed by atoms with van der Waals surface area (Å²) >= 11 is 0. The standard InChI is InChI=1S/C47H65B4N9O19P2.2CO2/c1-20-27(16-61)73-45(32(57-60-54)41(20)80-50-48-67)76-35-21(2)36(75-43(66)26-14-10-7-11-15-26)47(72-23(35)4)78-38-28(17-62)74-44(31(33(38)64)56-59-53)77-37-24(5)71-46(34(65)40(37)69-19-25-12-8-6-9-13-25)79-39-29(18-63)70-22(3)30(55-58-52)42(39)81-51-49-68;2*2-1-3/h6-15,20-24,27-42,44-47,61-65,80-81H,16-19H2,1-5H3;;/t20-,21+,22+,23?,24?,27?,28?,29?,30?,31?,32?,33-,34?,35+,36?,37-,38-,39-,40+,41+,42-,44+,45+,46+,47+;;/m1../s1. The summed E-state index contributed by atoms with van der Waals surface area (Å²) in [5.41, 5.74) is 28.7. The molecule has 7 rings (SSSR count). The summed E-state index contributed by atoms with van der Waals surface area (Å²) in [5, 5.41) is 68.1. The fourth-order valence-corrected chi connectivity index (χ4v) is 13.5. The monoisotopic (exact) mass is 1250 g/mol. The van der Waals surface area contributed by atoms with Crippen molar-refractivity contribution in [1.29, 1.82) is 0 Å². The molecule has 466 valence electrons. The van der Waals surface area contributed by atoms with Crippen LogP contribution in [-0.4, -0.2) is 232 Å². The molecule has 27 atom stereocenters. The molecule has 0 aromatic heterocycles. The Morgan fingerprint density at radius 1 is 0.552 bits per heavy atom. The third kappa shape index (κ3) is 18.9. The minimum Gasteiger partial charge on any atom is -0.186 e. The van der Waals surface area contributed by atoms with E-state index in [9.17, 15) is 56.3 Å². The van der Waals surface area contributed by atoms with E-state index >= 15 is 0 Å². The van der Waals surface area contributed by atoms with Crippen molar-refractivity contribution in [2.24, 2.45) is 27.2 Å². The molecule has 5 aliphatic rings. The van der Waals surface area contributed by atoms with E-state index in [1.807, 2.05) is 0 Å². The Hall–Kier alpha value is -5.28. The van der Waals surface area contributed by atoms with Gasteiger partial charge in [-0.1, -0.05) is 41.5 Å². The van der Waals surface area contributed by atoms with Crippen LogP contribution in [0, 0.1) is 11.8 Å². The molecule has 0 saturated carbocycles. The van der Waals surface area contributed by atoms with Crippen LogP contribution >= 0.6 is 16.9 Å². The van der Waals surface area contributed by atoms with E-state index in [1.165, 1.54) is 25.9 Å². The number of carbonyl (C=O) groups is 1. The molecule has 5 aliphatic heterocycles. The Labute approximate surface area is 503 Å². The number of esters is 1. The van der Waals surface area contributed by atoms with Crippen LogP contribution in [-0.2, 0) is 87.3 Å². The fraction of sp³-hybridized carbons (Fsp3) is 0.694. The van der Waals surface area contributed by atoms with Gasteiger partial charge in [-0.3, -0.25) is 0 Å². The van der Waals surface area contributed by atoms with Crippen LogP contribution in [0.25, 0.3) is 31.3 Å². The van der Waals surface area contributed by atoms with Gasteiger partial charge in [-0.2, -0.15) is 19.2 Å². The molecule has 2 aromatic rings. The third-order valence-electron chi connectivity index (χ3n) is 15.1. The second-order valence-corrected chi connectivity index (χ2v) is 22.9. The van der Waals surface area contributed by atoms with Gasteiger partial charge < -0.3 is 10.2 Å². The van der Waals surface area contributed by atoms with Crippen molar-refractivity contribution < 1.29 is 111 Å². The minimum atomic E-state index is -1.86. The van der Waals surface area contributed by atoms with Crippen molar-refractivity contribution in [3.8, 4) is 0 Å². The average Bonchev–Trinajstić information content (AvgIpc) is 1.46. The molecule has 0 spiro atoms. The van der Waals surface area contributed by atoms with E-state index < -0.39 is 172 Å². The summed E-state index contributed by atoms with van der Waals surface area (Å²) in [4.78, 5) is 55.4. The van der Waals surface area contributed by atoms with Gasteiger partial charge in [-0.15, -0.1) is 0 Å². The van der Waals surface area contributed by atoms with E-state index in [2.05, 4.69) is 30.1 Å². The number of carbonyl (C=O) groups excluding carboxylic acids is 5. The summed E-state index contributed by atoms with van der Waals surface area (Å²) in [5.74, 6) is -2.02. The van der Waals surface area contributed by atoms with Gasteiger partial charge >= 0.3 is 393 Å². The van der Waals surface area contributed by atoms with Gasteiger partial charge in [0.2, 0.25) is 0 Å². The molecular formula is C49H65B4N9O23P2.